The van der Waals surface area contributed by atoms with E-state index in [9.17, 15) is 27.5 Å². The second kappa shape index (κ2) is 6.98. The lowest BCUT2D eigenvalue weighted by atomic mass is 9.84. The van der Waals surface area contributed by atoms with Crippen LogP contribution in [-0.4, -0.2) is 47.6 Å². The van der Waals surface area contributed by atoms with Gasteiger partial charge in [-0.3, -0.25) is 4.79 Å². The maximum atomic E-state index is 13.1. The largest absolute Gasteiger partial charge is 0.480 e. The van der Waals surface area contributed by atoms with Gasteiger partial charge in [0.2, 0.25) is 5.91 Å². The number of carbonyl (C=O) groups excluding carboxylic acids is 1. The van der Waals surface area contributed by atoms with E-state index in [0.717, 1.165) is 43.5 Å². The number of carbonyl (C=O) groups is 2. The number of hydrogen-bond acceptors (Lipinski definition) is 4. The minimum absolute atomic E-state index is 0.106. The third kappa shape index (κ3) is 3.22. The molecule has 8 heteroatoms. The van der Waals surface area contributed by atoms with Crippen LogP contribution in [0, 0.1) is 11.7 Å². The van der Waals surface area contributed by atoms with E-state index in [-0.39, 0.29) is 16.9 Å². The van der Waals surface area contributed by atoms with E-state index in [0.29, 0.717) is 12.8 Å². The number of rotatable bonds is 4. The number of carboxylic acids is 1. The van der Waals surface area contributed by atoms with Crippen LogP contribution in [0.2, 0.25) is 0 Å². The number of aliphatic carboxylic acids is 1. The molecule has 0 bridgehead atoms. The molecular weight excluding hydrogens is 361 g/mol. The van der Waals surface area contributed by atoms with Gasteiger partial charge in [0, 0.05) is 6.04 Å². The van der Waals surface area contributed by atoms with Gasteiger partial charge in [-0.05, 0) is 56.4 Å². The first kappa shape index (κ1) is 18.8. The molecule has 1 heterocycles. The maximum Gasteiger partial charge on any atom is 0.326 e. The first-order valence-corrected chi connectivity index (χ1v) is 10.3. The summed E-state index contributed by atoms with van der Waals surface area (Å²) < 4.78 is 38.6. The number of sulfone groups is 1. The summed E-state index contributed by atoms with van der Waals surface area (Å²) in [5, 5.41) is 8.11. The normalized spacial score (nSPS) is 27.0. The summed E-state index contributed by atoms with van der Waals surface area (Å²) in [7, 11) is -4.03. The van der Waals surface area contributed by atoms with Crippen LogP contribution >= 0.6 is 0 Å². The van der Waals surface area contributed by atoms with E-state index in [1.807, 2.05) is 0 Å². The highest BCUT2D eigenvalue weighted by Gasteiger charge is 2.50. The number of hydrogen-bond donors (Lipinski definition) is 1. The summed E-state index contributed by atoms with van der Waals surface area (Å²) in [5.74, 6) is -2.25. The van der Waals surface area contributed by atoms with Gasteiger partial charge in [-0.2, -0.15) is 0 Å². The van der Waals surface area contributed by atoms with Crippen LogP contribution in [0.4, 0.5) is 4.39 Å². The molecule has 3 rings (SSSR count). The van der Waals surface area contributed by atoms with Crippen molar-refractivity contribution in [2.24, 2.45) is 5.92 Å². The van der Waals surface area contributed by atoms with Gasteiger partial charge in [-0.15, -0.1) is 0 Å². The number of amides is 1. The van der Waals surface area contributed by atoms with E-state index >= 15 is 0 Å². The Morgan fingerprint density at radius 2 is 1.81 bits per heavy atom. The first-order valence-electron chi connectivity index (χ1n) is 8.78. The molecule has 4 atom stereocenters. The zero-order valence-corrected chi connectivity index (χ0v) is 15.3. The molecule has 1 N–H and O–H groups in total. The van der Waals surface area contributed by atoms with Crippen molar-refractivity contribution < 1.29 is 27.5 Å². The number of benzene rings is 1. The van der Waals surface area contributed by atoms with Crippen LogP contribution in [0.15, 0.2) is 29.2 Å². The zero-order chi connectivity index (χ0) is 19.1. The lowest BCUT2D eigenvalue weighted by Gasteiger charge is -2.34. The maximum absolute atomic E-state index is 13.1. The molecule has 6 nitrogen and oxygen atoms in total. The van der Waals surface area contributed by atoms with Crippen molar-refractivity contribution >= 4 is 21.7 Å². The summed E-state index contributed by atoms with van der Waals surface area (Å²) in [6.45, 7) is 1.27. The highest BCUT2D eigenvalue weighted by Crippen LogP contribution is 2.40. The summed E-state index contributed by atoms with van der Waals surface area (Å²) in [6.07, 6.45) is 3.82. The van der Waals surface area contributed by atoms with Crippen LogP contribution < -0.4 is 0 Å². The summed E-state index contributed by atoms with van der Waals surface area (Å²) in [4.78, 5) is 25.8. The van der Waals surface area contributed by atoms with Gasteiger partial charge in [0.25, 0.3) is 0 Å². The molecule has 2 aliphatic rings. The molecule has 1 saturated carbocycles. The zero-order valence-electron chi connectivity index (χ0n) is 14.5. The highest BCUT2D eigenvalue weighted by molar-refractivity contribution is 7.92. The molecule has 2 fully saturated rings. The van der Waals surface area contributed by atoms with Crippen molar-refractivity contribution in [2.75, 3.05) is 0 Å². The molecule has 1 aliphatic heterocycles. The first-order chi connectivity index (χ1) is 12.2. The van der Waals surface area contributed by atoms with Crippen LogP contribution in [-0.2, 0) is 19.4 Å². The van der Waals surface area contributed by atoms with Crippen LogP contribution in [0.5, 0.6) is 0 Å². The topological polar surface area (TPSA) is 91.8 Å². The standard InChI is InChI=1S/C18H22FNO5S/c1-11(26(24,25)14-8-6-13(19)7-9-14)17(21)20-15-5-3-2-4-12(15)10-16(20)18(22)23/h6-9,11-12,15-16H,2-5,10H2,1H3,(H,22,23). The van der Waals surface area contributed by atoms with Crippen LogP contribution in [0.25, 0.3) is 0 Å². The fraction of sp³-hybridized carbons (Fsp3) is 0.556. The Morgan fingerprint density at radius 1 is 1.19 bits per heavy atom. The lowest BCUT2D eigenvalue weighted by molar-refractivity contribution is -0.149. The van der Waals surface area contributed by atoms with Crippen molar-refractivity contribution in [3.05, 3.63) is 30.1 Å². The number of nitrogens with zero attached hydrogens (tertiary/aromatic N) is 1. The Bertz CT molecular complexity index is 807. The molecule has 1 amide bonds. The van der Waals surface area contributed by atoms with Gasteiger partial charge in [0.05, 0.1) is 4.90 Å². The van der Waals surface area contributed by atoms with Crippen molar-refractivity contribution in [1.82, 2.24) is 4.90 Å². The number of likely N-dealkylation sites (tertiary alicyclic amines) is 1. The Hall–Kier alpha value is -1.96. The molecule has 1 aromatic carbocycles. The van der Waals surface area contributed by atoms with Gasteiger partial charge in [-0.25, -0.2) is 17.6 Å². The SMILES string of the molecule is CC(C(=O)N1C(C(=O)O)CC2CCCCC21)S(=O)(=O)c1ccc(F)cc1. The van der Waals surface area contributed by atoms with Gasteiger partial charge < -0.3 is 10.0 Å². The van der Waals surface area contributed by atoms with Crippen molar-refractivity contribution in [3.8, 4) is 0 Å². The summed E-state index contributed by atoms with van der Waals surface area (Å²) in [6, 6.07) is 3.09. The smallest absolute Gasteiger partial charge is 0.326 e. The number of fused-ring (bicyclic) bond motifs is 1. The Morgan fingerprint density at radius 3 is 2.42 bits per heavy atom. The van der Waals surface area contributed by atoms with E-state index in [1.54, 1.807) is 0 Å². The number of halogens is 1. The van der Waals surface area contributed by atoms with Crippen molar-refractivity contribution in [1.29, 1.82) is 0 Å². The third-order valence-corrected chi connectivity index (χ3v) is 7.64. The predicted molar refractivity (Wildman–Crippen MR) is 91.7 cm³/mol. The van der Waals surface area contributed by atoms with E-state index in [2.05, 4.69) is 0 Å². The minimum atomic E-state index is -4.03. The van der Waals surface area contributed by atoms with Gasteiger partial charge >= 0.3 is 5.97 Å². The molecule has 26 heavy (non-hydrogen) atoms. The van der Waals surface area contributed by atoms with Gasteiger partial charge in [-0.1, -0.05) is 12.8 Å². The second-order valence-electron chi connectivity index (χ2n) is 7.09. The monoisotopic (exact) mass is 383 g/mol. The number of carboxylic acid groups (broad SMARTS) is 1. The molecule has 1 aromatic rings. The molecule has 0 spiro atoms. The molecule has 0 aromatic heterocycles. The van der Waals surface area contributed by atoms with E-state index in [4.69, 9.17) is 0 Å². The molecule has 1 aliphatic carbocycles. The van der Waals surface area contributed by atoms with E-state index < -0.39 is 38.8 Å². The Balaban J connectivity index is 1.90. The quantitative estimate of drug-likeness (QED) is 0.805. The second-order valence-corrected chi connectivity index (χ2v) is 9.36. The Kier molecular flexibility index (Phi) is 5.05. The average Bonchev–Trinajstić information content (AvgIpc) is 3.00. The molecule has 4 unspecified atom stereocenters. The minimum Gasteiger partial charge on any atom is -0.480 e. The predicted octanol–water partition coefficient (Wildman–Crippen LogP) is 2.23. The van der Waals surface area contributed by atoms with Crippen LogP contribution in [0.1, 0.15) is 39.0 Å². The molecule has 1 saturated heterocycles. The van der Waals surface area contributed by atoms with Gasteiger partial charge in [0.15, 0.2) is 9.84 Å². The molecule has 142 valence electrons. The van der Waals surface area contributed by atoms with Crippen molar-refractivity contribution in [3.63, 3.8) is 0 Å². The average molecular weight is 383 g/mol. The summed E-state index contributed by atoms with van der Waals surface area (Å²) >= 11 is 0. The highest BCUT2D eigenvalue weighted by atomic mass is 32.2. The summed E-state index contributed by atoms with van der Waals surface area (Å²) in [5.41, 5.74) is 0. The molecular formula is C18H22FNO5S. The Labute approximate surface area is 151 Å². The van der Waals surface area contributed by atoms with E-state index in [1.165, 1.54) is 11.8 Å². The van der Waals surface area contributed by atoms with Gasteiger partial charge in [0.1, 0.15) is 17.1 Å². The molecule has 0 radical (unpaired) electrons. The van der Waals surface area contributed by atoms with Crippen LogP contribution in [0.3, 0.4) is 0 Å². The fourth-order valence-electron chi connectivity index (χ4n) is 4.17. The van der Waals surface area contributed by atoms with Crippen molar-refractivity contribution in [2.45, 2.75) is 61.3 Å². The fourth-order valence-corrected chi connectivity index (χ4v) is 5.48. The lowest BCUT2D eigenvalue weighted by Crippen LogP contribution is -2.51. The third-order valence-electron chi connectivity index (χ3n) is 5.58.